The van der Waals surface area contributed by atoms with Crippen molar-refractivity contribution < 1.29 is 24.3 Å². The Labute approximate surface area is 216 Å². The van der Waals surface area contributed by atoms with Gasteiger partial charge in [0.25, 0.3) is 11.8 Å². The van der Waals surface area contributed by atoms with Crippen LogP contribution in [0.4, 0.5) is 5.13 Å². The minimum Gasteiger partial charge on any atom is -0.477 e. The molecule has 0 aliphatic carbocycles. The first-order chi connectivity index (χ1) is 17.3. The van der Waals surface area contributed by atoms with Crippen LogP contribution >= 0.6 is 35.1 Å². The highest BCUT2D eigenvalue weighted by Gasteiger charge is 2.54. The summed E-state index contributed by atoms with van der Waals surface area (Å²) >= 11 is 3.46. The predicted octanol–water partition coefficient (Wildman–Crippen LogP) is -1.66. The summed E-state index contributed by atoms with van der Waals surface area (Å²) in [5, 5.41) is 27.6. The summed E-state index contributed by atoms with van der Waals surface area (Å²) in [6.45, 7) is 2.64. The molecule has 1 fully saturated rings. The van der Waals surface area contributed by atoms with Gasteiger partial charge in [-0.2, -0.15) is 9.36 Å². The molecule has 1 saturated heterocycles. The number of hydrogen-bond donors (Lipinski definition) is 4. The molecule has 1 unspecified atom stereocenters. The Balaban J connectivity index is 1.48. The van der Waals surface area contributed by atoms with Gasteiger partial charge in [-0.1, -0.05) is 16.9 Å². The third-order valence-corrected chi connectivity index (χ3v) is 7.83. The number of carbonyl (C=O) groups is 3. The number of hydrogen-bond acceptors (Lipinski definition) is 15. The van der Waals surface area contributed by atoms with Crippen LogP contribution in [0.2, 0.25) is 0 Å². The van der Waals surface area contributed by atoms with E-state index in [2.05, 4.69) is 35.4 Å². The number of carbonyl (C=O) groups excluding carboxylic acids is 2. The zero-order valence-corrected chi connectivity index (χ0v) is 21.2. The van der Waals surface area contributed by atoms with Crippen molar-refractivity contribution in [1.82, 2.24) is 39.8 Å². The fraction of sp³-hybridized carbons (Fsp3) is 0.471. The molecule has 4 heterocycles. The molecular weight excluding hydrogens is 534 g/mol. The highest BCUT2D eigenvalue weighted by Crippen LogP contribution is 2.41. The van der Waals surface area contributed by atoms with E-state index in [1.807, 2.05) is 0 Å². The zero-order valence-electron chi connectivity index (χ0n) is 18.7. The number of β-lactam (4-membered cyclic amide) rings is 1. The zero-order chi connectivity index (χ0) is 25.8. The highest BCUT2D eigenvalue weighted by atomic mass is 32.2. The number of fused-ring (bicyclic) bond motifs is 1. The number of amides is 2. The fourth-order valence-electron chi connectivity index (χ4n) is 3.36. The Hall–Kier alpha value is -3.29. The molecule has 0 bridgehead atoms. The Morgan fingerprint density at radius 3 is 2.89 bits per heavy atom. The molecule has 192 valence electrons. The van der Waals surface area contributed by atoms with E-state index in [1.54, 1.807) is 6.92 Å². The van der Waals surface area contributed by atoms with Crippen LogP contribution in [0.1, 0.15) is 12.7 Å². The molecule has 2 aromatic rings. The molecule has 4 rings (SSSR count). The summed E-state index contributed by atoms with van der Waals surface area (Å²) in [6.07, 6.45) is 0. The van der Waals surface area contributed by atoms with Gasteiger partial charge in [0.1, 0.15) is 23.7 Å². The number of aliphatic carboxylic acids is 1. The van der Waals surface area contributed by atoms with E-state index in [-0.39, 0.29) is 34.7 Å². The van der Waals surface area contributed by atoms with Gasteiger partial charge in [-0.25, -0.2) is 9.48 Å². The molecule has 2 aromatic heterocycles. The second-order valence-corrected chi connectivity index (χ2v) is 10.0. The standard InChI is InChI=1S/C17H21N11O5S3/c1-2-33-23-8(11-21-16(19)36-24-11)12(29)20-9-13(30)28-10(15(31)32)7(5-34-14(9)28)6-35-17-22-25-26-27(17)4-3-18/h9,14H,2-6,18H2,1H3,(H,20,29)(H,31,32)(H2,19,21,24)/t9?,14-/m0/s1. The van der Waals surface area contributed by atoms with Crippen molar-refractivity contribution in [1.29, 1.82) is 0 Å². The van der Waals surface area contributed by atoms with E-state index in [1.165, 1.54) is 33.1 Å². The lowest BCUT2D eigenvalue weighted by atomic mass is 10.0. The number of nitrogens with one attached hydrogen (secondary N) is 1. The number of oxime groups is 1. The number of tetrazole rings is 1. The lowest BCUT2D eigenvalue weighted by molar-refractivity contribution is -0.150. The highest BCUT2D eigenvalue weighted by molar-refractivity contribution is 8.01. The summed E-state index contributed by atoms with van der Waals surface area (Å²) in [6, 6.07) is -0.967. The number of thioether (sulfide) groups is 2. The van der Waals surface area contributed by atoms with Gasteiger partial charge in [-0.3, -0.25) is 14.5 Å². The maximum atomic E-state index is 13.0. The van der Waals surface area contributed by atoms with Gasteiger partial charge in [0.15, 0.2) is 5.13 Å². The van der Waals surface area contributed by atoms with Gasteiger partial charge in [-0.15, -0.1) is 16.9 Å². The van der Waals surface area contributed by atoms with Crippen molar-refractivity contribution in [3.8, 4) is 0 Å². The third-order valence-electron chi connectivity index (χ3n) is 4.91. The number of rotatable bonds is 11. The molecule has 0 aromatic carbocycles. The maximum Gasteiger partial charge on any atom is 0.352 e. The third kappa shape index (κ3) is 5.13. The topological polar surface area (TPSA) is 230 Å². The van der Waals surface area contributed by atoms with Crippen LogP contribution in [0.5, 0.6) is 0 Å². The number of anilines is 1. The van der Waals surface area contributed by atoms with E-state index in [0.717, 1.165) is 11.5 Å². The van der Waals surface area contributed by atoms with Crippen molar-refractivity contribution >= 4 is 63.7 Å². The summed E-state index contributed by atoms with van der Waals surface area (Å²) in [5.74, 6) is -1.99. The molecule has 0 radical (unpaired) electrons. The van der Waals surface area contributed by atoms with E-state index in [9.17, 15) is 19.5 Å². The Morgan fingerprint density at radius 2 is 2.22 bits per heavy atom. The SMILES string of the molecule is CCON=C(C(=O)NC1C(=O)N2C(C(=O)O)=C(CSc3nnnn3CCN)CS[C@@H]12)c1nsc(N)n1. The molecule has 6 N–H and O–H groups in total. The Bertz CT molecular complexity index is 1230. The summed E-state index contributed by atoms with van der Waals surface area (Å²) in [7, 11) is 0. The van der Waals surface area contributed by atoms with E-state index in [0.29, 0.717) is 29.6 Å². The lowest BCUT2D eigenvalue weighted by Gasteiger charge is -2.49. The monoisotopic (exact) mass is 555 g/mol. The van der Waals surface area contributed by atoms with Crippen LogP contribution in [-0.2, 0) is 25.8 Å². The Morgan fingerprint density at radius 1 is 1.42 bits per heavy atom. The average molecular weight is 556 g/mol. The van der Waals surface area contributed by atoms with Crippen molar-refractivity contribution in [3.05, 3.63) is 17.1 Å². The van der Waals surface area contributed by atoms with Crippen LogP contribution in [0, 0.1) is 0 Å². The molecule has 16 nitrogen and oxygen atoms in total. The molecule has 2 atom stereocenters. The normalized spacial score (nSPS) is 19.7. The van der Waals surface area contributed by atoms with E-state index in [4.69, 9.17) is 16.3 Å². The summed E-state index contributed by atoms with van der Waals surface area (Å²) in [5.41, 5.74) is 11.3. The number of aromatic nitrogens is 6. The minimum absolute atomic E-state index is 0.0363. The quantitative estimate of drug-likeness (QED) is 0.105. The number of carboxylic acid groups (broad SMARTS) is 1. The van der Waals surface area contributed by atoms with Gasteiger partial charge in [0.2, 0.25) is 16.7 Å². The summed E-state index contributed by atoms with van der Waals surface area (Å²) in [4.78, 5) is 48.1. The smallest absolute Gasteiger partial charge is 0.352 e. The first kappa shape index (κ1) is 25.8. The van der Waals surface area contributed by atoms with E-state index >= 15 is 0 Å². The molecule has 0 saturated carbocycles. The van der Waals surface area contributed by atoms with Crippen LogP contribution in [0.15, 0.2) is 21.6 Å². The average Bonchev–Trinajstić information content (AvgIpc) is 3.49. The van der Waals surface area contributed by atoms with Crippen LogP contribution < -0.4 is 16.8 Å². The van der Waals surface area contributed by atoms with Gasteiger partial charge < -0.3 is 26.7 Å². The molecule has 19 heteroatoms. The van der Waals surface area contributed by atoms with Gasteiger partial charge >= 0.3 is 5.97 Å². The number of carboxylic acids is 1. The number of nitrogen functional groups attached to an aromatic ring is 1. The summed E-state index contributed by atoms with van der Waals surface area (Å²) < 4.78 is 5.49. The molecule has 2 aliphatic rings. The number of nitrogens with zero attached hydrogens (tertiary/aromatic N) is 8. The first-order valence-electron chi connectivity index (χ1n) is 10.4. The van der Waals surface area contributed by atoms with Gasteiger partial charge in [0, 0.05) is 29.6 Å². The molecule has 0 spiro atoms. The second kappa shape index (κ2) is 11.2. The van der Waals surface area contributed by atoms with Crippen molar-refractivity contribution in [2.75, 3.05) is 30.4 Å². The predicted molar refractivity (Wildman–Crippen MR) is 130 cm³/mol. The lowest BCUT2D eigenvalue weighted by Crippen LogP contribution is -2.71. The first-order valence-corrected chi connectivity index (χ1v) is 13.3. The van der Waals surface area contributed by atoms with Crippen molar-refractivity contribution in [2.24, 2.45) is 10.9 Å². The van der Waals surface area contributed by atoms with Crippen LogP contribution in [0.3, 0.4) is 0 Å². The fourth-order valence-corrected chi connectivity index (χ4v) is 6.19. The largest absolute Gasteiger partial charge is 0.477 e. The minimum atomic E-state index is -1.24. The maximum absolute atomic E-state index is 13.0. The van der Waals surface area contributed by atoms with E-state index < -0.39 is 29.2 Å². The molecule has 2 aliphatic heterocycles. The van der Waals surface area contributed by atoms with Gasteiger partial charge in [-0.05, 0) is 22.9 Å². The molecular formula is C17H21N11O5S3. The van der Waals surface area contributed by atoms with Crippen molar-refractivity contribution in [3.63, 3.8) is 0 Å². The number of nitrogens with two attached hydrogens (primary N) is 2. The molecule has 2 amide bonds. The van der Waals surface area contributed by atoms with Gasteiger partial charge in [0.05, 0.1) is 6.54 Å². The Kier molecular flexibility index (Phi) is 8.01. The van der Waals surface area contributed by atoms with Crippen molar-refractivity contribution in [2.45, 2.75) is 30.0 Å². The van der Waals surface area contributed by atoms with Crippen LogP contribution in [-0.4, -0.2) is 99.1 Å². The molecule has 36 heavy (non-hydrogen) atoms. The second-order valence-electron chi connectivity index (χ2n) is 7.19. The van der Waals surface area contributed by atoms with Crippen LogP contribution in [0.25, 0.3) is 0 Å².